The second-order valence-electron chi connectivity index (χ2n) is 6.80. The number of aromatic nitrogens is 2. The Morgan fingerprint density at radius 2 is 2.00 bits per heavy atom. The first-order valence-corrected chi connectivity index (χ1v) is 9.77. The molecule has 7 heteroatoms. The van der Waals surface area contributed by atoms with Crippen LogP contribution in [0.1, 0.15) is 35.0 Å². The Balaban J connectivity index is 1.94. The van der Waals surface area contributed by atoms with Gasteiger partial charge < -0.3 is 14.7 Å². The van der Waals surface area contributed by atoms with E-state index < -0.39 is 0 Å². The molecule has 3 heterocycles. The first-order valence-electron chi connectivity index (χ1n) is 8.96. The van der Waals surface area contributed by atoms with Gasteiger partial charge in [0.05, 0.1) is 10.3 Å². The lowest BCUT2D eigenvalue weighted by atomic mass is 10.1. The molecular weight excluding hydrogens is 334 g/mol. The van der Waals surface area contributed by atoms with Crippen molar-refractivity contribution in [1.29, 1.82) is 0 Å². The van der Waals surface area contributed by atoms with E-state index in [1.54, 1.807) is 6.33 Å². The van der Waals surface area contributed by atoms with Crippen LogP contribution in [0.3, 0.4) is 0 Å². The number of unbranched alkanes of at least 4 members (excludes halogenated alkanes) is 1. The van der Waals surface area contributed by atoms with Crippen molar-refractivity contribution in [2.24, 2.45) is 0 Å². The standard InChI is InChI=1S/C18H27N5OS/c1-5-6-7-22(4)18(24)15-13(2)14-16(19-12-20-17(14)25-15)23-10-8-21(3)9-11-23/h12H,5-11H2,1-4H3. The van der Waals surface area contributed by atoms with Crippen molar-refractivity contribution in [2.75, 3.05) is 51.7 Å². The van der Waals surface area contributed by atoms with Gasteiger partial charge in [-0.3, -0.25) is 4.79 Å². The molecule has 2 aromatic heterocycles. The number of nitrogens with zero attached hydrogens (tertiary/aromatic N) is 5. The number of anilines is 1. The third kappa shape index (κ3) is 3.62. The molecule has 0 unspecified atom stereocenters. The molecule has 0 bridgehead atoms. The lowest BCUT2D eigenvalue weighted by Crippen LogP contribution is -2.44. The van der Waals surface area contributed by atoms with Crippen molar-refractivity contribution < 1.29 is 4.79 Å². The average Bonchev–Trinajstić information content (AvgIpc) is 2.96. The maximum atomic E-state index is 12.8. The molecule has 25 heavy (non-hydrogen) atoms. The predicted molar refractivity (Wildman–Crippen MR) is 104 cm³/mol. The number of likely N-dealkylation sites (N-methyl/N-ethyl adjacent to an activating group) is 1. The van der Waals surface area contributed by atoms with Gasteiger partial charge in [0.1, 0.15) is 17.0 Å². The molecule has 1 aliphatic heterocycles. The van der Waals surface area contributed by atoms with Crippen molar-refractivity contribution in [3.63, 3.8) is 0 Å². The van der Waals surface area contributed by atoms with Crippen molar-refractivity contribution in [3.05, 3.63) is 16.8 Å². The maximum absolute atomic E-state index is 12.8. The molecule has 0 spiro atoms. The Morgan fingerprint density at radius 3 is 2.68 bits per heavy atom. The number of hydrogen-bond acceptors (Lipinski definition) is 6. The highest BCUT2D eigenvalue weighted by molar-refractivity contribution is 7.20. The first kappa shape index (κ1) is 18.1. The van der Waals surface area contributed by atoms with Gasteiger partial charge in [-0.1, -0.05) is 13.3 Å². The van der Waals surface area contributed by atoms with E-state index in [1.807, 2.05) is 18.9 Å². The summed E-state index contributed by atoms with van der Waals surface area (Å²) < 4.78 is 0. The first-order chi connectivity index (χ1) is 12.0. The summed E-state index contributed by atoms with van der Waals surface area (Å²) in [5, 5.41) is 1.05. The summed E-state index contributed by atoms with van der Waals surface area (Å²) >= 11 is 1.49. The molecular formula is C18H27N5OS. The van der Waals surface area contributed by atoms with E-state index in [-0.39, 0.29) is 5.91 Å². The number of rotatable bonds is 5. The van der Waals surface area contributed by atoms with Gasteiger partial charge in [-0.25, -0.2) is 9.97 Å². The summed E-state index contributed by atoms with van der Waals surface area (Å²) in [5.74, 6) is 1.07. The van der Waals surface area contributed by atoms with Crippen LogP contribution in [0, 0.1) is 6.92 Å². The molecule has 0 saturated carbocycles. The van der Waals surface area contributed by atoms with Gasteiger partial charge in [0.15, 0.2) is 0 Å². The predicted octanol–water partition coefficient (Wildman–Crippen LogP) is 2.62. The average molecular weight is 362 g/mol. The quantitative estimate of drug-likeness (QED) is 0.819. The largest absolute Gasteiger partial charge is 0.353 e. The van der Waals surface area contributed by atoms with Gasteiger partial charge in [-0.05, 0) is 26.0 Å². The van der Waals surface area contributed by atoms with Gasteiger partial charge in [-0.2, -0.15) is 0 Å². The van der Waals surface area contributed by atoms with Gasteiger partial charge in [-0.15, -0.1) is 11.3 Å². The number of hydrogen-bond donors (Lipinski definition) is 0. The van der Waals surface area contributed by atoms with E-state index in [0.29, 0.717) is 0 Å². The zero-order valence-corrected chi connectivity index (χ0v) is 16.4. The number of carbonyl (C=O) groups is 1. The second kappa shape index (κ2) is 7.66. The van der Waals surface area contributed by atoms with Crippen LogP contribution in [-0.4, -0.2) is 72.5 Å². The summed E-state index contributed by atoms with van der Waals surface area (Å²) in [6.45, 7) is 8.93. The molecule has 0 radical (unpaired) electrons. The Kier molecular flexibility index (Phi) is 5.54. The molecule has 0 aliphatic carbocycles. The Bertz CT molecular complexity index is 751. The summed E-state index contributed by atoms with van der Waals surface area (Å²) in [7, 11) is 4.03. The molecule has 0 aromatic carbocycles. The Labute approximate surface area is 153 Å². The molecule has 2 aromatic rings. The number of carbonyl (C=O) groups excluding carboxylic acids is 1. The van der Waals surface area contributed by atoms with E-state index in [1.165, 1.54) is 11.3 Å². The van der Waals surface area contributed by atoms with E-state index in [4.69, 9.17) is 0 Å². The van der Waals surface area contributed by atoms with Crippen molar-refractivity contribution in [2.45, 2.75) is 26.7 Å². The number of amides is 1. The Hall–Kier alpha value is -1.73. The van der Waals surface area contributed by atoms with Crippen LogP contribution in [0.2, 0.25) is 0 Å². The Morgan fingerprint density at radius 1 is 1.28 bits per heavy atom. The van der Waals surface area contributed by atoms with Crippen LogP contribution >= 0.6 is 11.3 Å². The monoisotopic (exact) mass is 361 g/mol. The lowest BCUT2D eigenvalue weighted by molar-refractivity contribution is 0.0797. The molecule has 1 amide bonds. The summed E-state index contributed by atoms with van der Waals surface area (Å²) in [6, 6.07) is 0. The zero-order chi connectivity index (χ0) is 18.0. The zero-order valence-electron chi connectivity index (χ0n) is 15.6. The number of aryl methyl sites for hydroxylation is 1. The van der Waals surface area contributed by atoms with E-state index in [9.17, 15) is 4.79 Å². The van der Waals surface area contributed by atoms with Crippen LogP contribution in [0.25, 0.3) is 10.2 Å². The number of piperazine rings is 1. The lowest BCUT2D eigenvalue weighted by Gasteiger charge is -2.33. The summed E-state index contributed by atoms with van der Waals surface area (Å²) in [4.78, 5) is 30.0. The normalized spacial score (nSPS) is 15.8. The number of fused-ring (bicyclic) bond motifs is 1. The molecule has 3 rings (SSSR count). The maximum Gasteiger partial charge on any atom is 0.264 e. The molecule has 1 aliphatic rings. The second-order valence-corrected chi connectivity index (χ2v) is 7.80. The summed E-state index contributed by atoms with van der Waals surface area (Å²) in [5.41, 5.74) is 1.02. The third-order valence-electron chi connectivity index (χ3n) is 4.90. The van der Waals surface area contributed by atoms with E-state index in [2.05, 4.69) is 33.7 Å². The fourth-order valence-corrected chi connectivity index (χ4v) is 4.32. The minimum atomic E-state index is 0.0956. The fraction of sp³-hybridized carbons (Fsp3) is 0.611. The van der Waals surface area contributed by atoms with E-state index in [0.717, 1.165) is 72.0 Å². The van der Waals surface area contributed by atoms with Crippen LogP contribution in [0.5, 0.6) is 0 Å². The van der Waals surface area contributed by atoms with Gasteiger partial charge in [0, 0.05) is 39.8 Å². The highest BCUT2D eigenvalue weighted by atomic mass is 32.1. The smallest absolute Gasteiger partial charge is 0.264 e. The van der Waals surface area contributed by atoms with Crippen LogP contribution in [0.4, 0.5) is 5.82 Å². The molecule has 0 N–H and O–H groups in total. The van der Waals surface area contributed by atoms with Crippen LogP contribution in [0.15, 0.2) is 6.33 Å². The SMILES string of the molecule is CCCCN(C)C(=O)c1sc2ncnc(N3CCN(C)CC3)c2c1C. The third-order valence-corrected chi connectivity index (χ3v) is 6.09. The van der Waals surface area contributed by atoms with Gasteiger partial charge in [0.2, 0.25) is 0 Å². The minimum Gasteiger partial charge on any atom is -0.353 e. The fourth-order valence-electron chi connectivity index (χ4n) is 3.19. The van der Waals surface area contributed by atoms with E-state index >= 15 is 0 Å². The minimum absolute atomic E-state index is 0.0956. The van der Waals surface area contributed by atoms with Gasteiger partial charge in [0.25, 0.3) is 5.91 Å². The topological polar surface area (TPSA) is 52.6 Å². The number of thiophene rings is 1. The van der Waals surface area contributed by atoms with Crippen LogP contribution in [-0.2, 0) is 0 Å². The van der Waals surface area contributed by atoms with Crippen molar-refractivity contribution in [3.8, 4) is 0 Å². The molecule has 6 nitrogen and oxygen atoms in total. The summed E-state index contributed by atoms with van der Waals surface area (Å²) in [6.07, 6.45) is 3.74. The van der Waals surface area contributed by atoms with Crippen LogP contribution < -0.4 is 4.90 Å². The molecule has 136 valence electrons. The van der Waals surface area contributed by atoms with Crippen molar-refractivity contribution >= 4 is 33.3 Å². The highest BCUT2D eigenvalue weighted by Gasteiger charge is 2.24. The highest BCUT2D eigenvalue weighted by Crippen LogP contribution is 2.35. The molecule has 1 saturated heterocycles. The van der Waals surface area contributed by atoms with Gasteiger partial charge >= 0.3 is 0 Å². The molecule has 1 fully saturated rings. The molecule has 0 atom stereocenters. The van der Waals surface area contributed by atoms with Crippen molar-refractivity contribution in [1.82, 2.24) is 19.8 Å².